The quantitative estimate of drug-likeness (QED) is 0.428. The number of benzene rings is 2. The maximum atomic E-state index is 13.4. The molecule has 176 valence electrons. The molecule has 1 N–H and O–H groups in total. The molecule has 0 aliphatic heterocycles. The van der Waals surface area contributed by atoms with Crippen molar-refractivity contribution in [3.8, 4) is 0 Å². The highest BCUT2D eigenvalue weighted by atomic mass is 32.2. The molecule has 0 spiro atoms. The molecule has 0 unspecified atom stereocenters. The van der Waals surface area contributed by atoms with Gasteiger partial charge in [-0.1, -0.05) is 36.0 Å². The van der Waals surface area contributed by atoms with Crippen molar-refractivity contribution in [2.45, 2.75) is 25.5 Å². The van der Waals surface area contributed by atoms with E-state index in [1.54, 1.807) is 23.7 Å². The molecular formula is C24H24FN5O3S. The molecule has 0 saturated carbocycles. The predicted molar refractivity (Wildman–Crippen MR) is 131 cm³/mol. The van der Waals surface area contributed by atoms with Crippen LogP contribution in [0.2, 0.25) is 0 Å². The fourth-order valence-electron chi connectivity index (χ4n) is 3.66. The largest absolute Gasteiger partial charge is 0.332 e. The molecule has 0 aliphatic rings. The van der Waals surface area contributed by atoms with Crippen LogP contribution in [0.5, 0.6) is 0 Å². The van der Waals surface area contributed by atoms with Gasteiger partial charge in [-0.25, -0.2) is 14.2 Å². The first kappa shape index (κ1) is 23.5. The highest BCUT2D eigenvalue weighted by Crippen LogP contribution is 2.24. The molecule has 34 heavy (non-hydrogen) atoms. The Balaban J connectivity index is 1.70. The van der Waals surface area contributed by atoms with Crippen LogP contribution >= 0.6 is 11.8 Å². The van der Waals surface area contributed by atoms with Crippen LogP contribution in [0.3, 0.4) is 0 Å². The summed E-state index contributed by atoms with van der Waals surface area (Å²) in [5.41, 5.74) is 3.04. The number of amides is 1. The molecule has 2 aromatic carbocycles. The Kier molecular flexibility index (Phi) is 6.43. The van der Waals surface area contributed by atoms with E-state index in [1.807, 2.05) is 32.0 Å². The average Bonchev–Trinajstić information content (AvgIpc) is 3.17. The Labute approximate surface area is 199 Å². The lowest BCUT2D eigenvalue weighted by Crippen LogP contribution is -2.37. The summed E-state index contributed by atoms with van der Waals surface area (Å²) in [6.07, 6.45) is 0. The van der Waals surface area contributed by atoms with Crippen molar-refractivity contribution in [3.05, 3.63) is 85.8 Å². The topological polar surface area (TPSA) is 90.9 Å². The van der Waals surface area contributed by atoms with Gasteiger partial charge in [0.15, 0.2) is 16.3 Å². The Morgan fingerprint density at radius 1 is 1.06 bits per heavy atom. The molecule has 0 radical (unpaired) electrons. The van der Waals surface area contributed by atoms with Crippen molar-refractivity contribution in [3.63, 3.8) is 0 Å². The van der Waals surface area contributed by atoms with E-state index in [0.29, 0.717) is 5.16 Å². The summed E-state index contributed by atoms with van der Waals surface area (Å²) in [6, 6.07) is 11.6. The number of nitrogens with zero attached hydrogens (tertiary/aromatic N) is 4. The number of aromatic nitrogens is 4. The van der Waals surface area contributed by atoms with Gasteiger partial charge in [-0.05, 0) is 48.7 Å². The van der Waals surface area contributed by atoms with E-state index in [9.17, 15) is 18.8 Å². The molecular weight excluding hydrogens is 457 g/mol. The maximum Gasteiger partial charge on any atom is 0.332 e. The van der Waals surface area contributed by atoms with E-state index < -0.39 is 11.2 Å². The average molecular weight is 482 g/mol. The van der Waals surface area contributed by atoms with E-state index in [-0.39, 0.29) is 35.2 Å². The number of halogens is 1. The van der Waals surface area contributed by atoms with Crippen molar-refractivity contribution in [1.82, 2.24) is 18.7 Å². The van der Waals surface area contributed by atoms with E-state index in [0.717, 1.165) is 38.7 Å². The first-order chi connectivity index (χ1) is 16.2. The smallest absolute Gasteiger partial charge is 0.325 e. The summed E-state index contributed by atoms with van der Waals surface area (Å²) in [4.78, 5) is 42.6. The van der Waals surface area contributed by atoms with E-state index in [2.05, 4.69) is 10.3 Å². The molecule has 0 atom stereocenters. The van der Waals surface area contributed by atoms with Crippen molar-refractivity contribution >= 4 is 34.5 Å². The highest BCUT2D eigenvalue weighted by Gasteiger charge is 2.20. The number of fused-ring (bicyclic) bond motifs is 1. The van der Waals surface area contributed by atoms with E-state index >= 15 is 0 Å². The van der Waals surface area contributed by atoms with Crippen molar-refractivity contribution in [2.24, 2.45) is 14.1 Å². The first-order valence-corrected chi connectivity index (χ1v) is 11.6. The van der Waals surface area contributed by atoms with Gasteiger partial charge in [-0.2, -0.15) is 0 Å². The zero-order valence-electron chi connectivity index (χ0n) is 19.3. The third-order valence-corrected chi connectivity index (χ3v) is 6.75. The highest BCUT2D eigenvalue weighted by molar-refractivity contribution is 7.99. The van der Waals surface area contributed by atoms with Crippen LogP contribution in [0, 0.1) is 19.7 Å². The summed E-state index contributed by atoms with van der Waals surface area (Å²) < 4.78 is 17.4. The molecule has 0 fully saturated rings. The molecule has 10 heteroatoms. The minimum atomic E-state index is -0.492. The van der Waals surface area contributed by atoms with Crippen molar-refractivity contribution in [2.75, 3.05) is 11.1 Å². The molecule has 4 aromatic rings. The lowest BCUT2D eigenvalue weighted by Gasteiger charge is -2.11. The lowest BCUT2D eigenvalue weighted by molar-refractivity contribution is -0.113. The third kappa shape index (κ3) is 4.41. The molecule has 0 bridgehead atoms. The Hall–Kier alpha value is -3.66. The summed E-state index contributed by atoms with van der Waals surface area (Å²) in [5.74, 6) is -0.537. The van der Waals surface area contributed by atoms with Gasteiger partial charge in [-0.15, -0.1) is 0 Å². The Morgan fingerprint density at radius 3 is 2.47 bits per heavy atom. The van der Waals surface area contributed by atoms with Crippen LogP contribution in [0.25, 0.3) is 11.2 Å². The summed E-state index contributed by atoms with van der Waals surface area (Å²) in [6.45, 7) is 4.14. The van der Waals surface area contributed by atoms with Gasteiger partial charge in [0, 0.05) is 19.8 Å². The number of thioether (sulfide) groups is 1. The molecule has 2 heterocycles. The van der Waals surface area contributed by atoms with Crippen molar-refractivity contribution < 1.29 is 9.18 Å². The zero-order valence-corrected chi connectivity index (χ0v) is 20.1. The van der Waals surface area contributed by atoms with Crippen molar-refractivity contribution in [1.29, 1.82) is 0 Å². The normalized spacial score (nSPS) is 11.2. The second-order valence-corrected chi connectivity index (χ2v) is 9.01. The van der Waals surface area contributed by atoms with Crippen LogP contribution in [-0.4, -0.2) is 30.3 Å². The fraction of sp³-hybridized carbons (Fsp3) is 0.250. The number of anilines is 1. The molecule has 0 aliphatic carbocycles. The number of carbonyl (C=O) groups excluding carboxylic acids is 1. The number of nitrogens with one attached hydrogen (secondary N) is 1. The van der Waals surface area contributed by atoms with Gasteiger partial charge in [0.05, 0.1) is 12.3 Å². The van der Waals surface area contributed by atoms with E-state index in [4.69, 9.17) is 0 Å². The molecule has 0 saturated heterocycles. The number of imidazole rings is 1. The fourth-order valence-corrected chi connectivity index (χ4v) is 4.45. The molecule has 1 amide bonds. The Bertz CT molecular complexity index is 1520. The standard InChI is InChI=1S/C24H24FN5O3S/c1-14-6-5-7-18(15(14)2)26-19(31)13-34-23-27-21-20(22(32)29(4)24(33)28(21)3)30(23)12-16-8-10-17(25)11-9-16/h5-11H,12-13H2,1-4H3,(H,26,31). The maximum absolute atomic E-state index is 13.4. The minimum Gasteiger partial charge on any atom is -0.325 e. The SMILES string of the molecule is Cc1cccc(NC(=O)CSc2nc3c(c(=O)n(C)c(=O)n3C)n2Cc2ccc(F)cc2)c1C. The number of hydrogen-bond donors (Lipinski definition) is 1. The predicted octanol–water partition coefficient (Wildman–Crippen LogP) is 2.97. The summed E-state index contributed by atoms with van der Waals surface area (Å²) in [5, 5.41) is 3.32. The third-order valence-electron chi connectivity index (χ3n) is 5.78. The lowest BCUT2D eigenvalue weighted by atomic mass is 10.1. The van der Waals surface area contributed by atoms with Crippen LogP contribution < -0.4 is 16.6 Å². The second kappa shape index (κ2) is 9.30. The number of aryl methyl sites for hydroxylation is 2. The molecule has 2 aromatic heterocycles. The van der Waals surface area contributed by atoms with Gasteiger partial charge >= 0.3 is 5.69 Å². The van der Waals surface area contributed by atoms with Crippen LogP contribution in [0.4, 0.5) is 10.1 Å². The number of carbonyl (C=O) groups is 1. The van der Waals surface area contributed by atoms with E-state index in [1.165, 1.54) is 23.7 Å². The number of rotatable bonds is 6. The van der Waals surface area contributed by atoms with Crippen LogP contribution in [0.1, 0.15) is 16.7 Å². The van der Waals surface area contributed by atoms with Crippen LogP contribution in [0.15, 0.2) is 57.2 Å². The number of hydrogen-bond acceptors (Lipinski definition) is 5. The molecule has 8 nitrogen and oxygen atoms in total. The molecule has 4 rings (SSSR count). The second-order valence-electron chi connectivity index (χ2n) is 8.07. The van der Waals surface area contributed by atoms with Crippen LogP contribution in [-0.2, 0) is 25.4 Å². The summed E-state index contributed by atoms with van der Waals surface area (Å²) in [7, 11) is 2.95. The van der Waals surface area contributed by atoms with Gasteiger partial charge in [-0.3, -0.25) is 18.7 Å². The monoisotopic (exact) mass is 481 g/mol. The zero-order chi connectivity index (χ0) is 24.6. The van der Waals surface area contributed by atoms with Gasteiger partial charge in [0.1, 0.15) is 5.82 Å². The van der Waals surface area contributed by atoms with Gasteiger partial charge < -0.3 is 9.88 Å². The van der Waals surface area contributed by atoms with Gasteiger partial charge in [0.25, 0.3) is 5.56 Å². The Morgan fingerprint density at radius 2 is 1.76 bits per heavy atom. The summed E-state index contributed by atoms with van der Waals surface area (Å²) >= 11 is 1.16. The van der Waals surface area contributed by atoms with Gasteiger partial charge in [0.2, 0.25) is 5.91 Å². The minimum absolute atomic E-state index is 0.0500. The first-order valence-electron chi connectivity index (χ1n) is 10.6.